The van der Waals surface area contributed by atoms with Crippen molar-refractivity contribution >= 4 is 11.0 Å². The summed E-state index contributed by atoms with van der Waals surface area (Å²) in [6.45, 7) is -0.700. The molecule has 0 amide bonds. The lowest BCUT2D eigenvalue weighted by atomic mass is 9.89. The SMILES string of the molecule is OC[C@H]1O[C@@H](c2c(O)cc(O)c3cc(O)c(-c4ccc(O)c(O)c4)[o+]c23)[C@H](O)[C@@H](O)[C@@H]1O. The predicted molar refractivity (Wildman–Crippen MR) is 107 cm³/mol. The summed E-state index contributed by atoms with van der Waals surface area (Å²) in [7, 11) is 0. The number of phenols is 4. The first-order chi connectivity index (χ1) is 15.1. The van der Waals surface area contributed by atoms with Gasteiger partial charge < -0.3 is 50.7 Å². The number of benzene rings is 2. The van der Waals surface area contributed by atoms with Gasteiger partial charge in [-0.25, -0.2) is 4.42 Å². The van der Waals surface area contributed by atoms with E-state index in [2.05, 4.69) is 0 Å². The van der Waals surface area contributed by atoms with Gasteiger partial charge in [-0.1, -0.05) is 0 Å². The fraction of sp³-hybridized carbons (Fsp3) is 0.286. The summed E-state index contributed by atoms with van der Waals surface area (Å²) < 4.78 is 11.2. The van der Waals surface area contributed by atoms with Gasteiger partial charge >= 0.3 is 11.3 Å². The molecule has 0 saturated carbocycles. The Bertz CT molecular complexity index is 1180. The number of aromatic hydroxyl groups is 5. The van der Waals surface area contributed by atoms with Crippen molar-refractivity contribution in [1.29, 1.82) is 0 Å². The largest absolute Gasteiger partial charge is 0.507 e. The third kappa shape index (κ3) is 3.42. The van der Waals surface area contributed by atoms with Crippen LogP contribution in [0.4, 0.5) is 0 Å². The molecule has 1 saturated heterocycles. The van der Waals surface area contributed by atoms with Crippen LogP contribution in [0.15, 0.2) is 34.7 Å². The van der Waals surface area contributed by atoms with E-state index in [4.69, 9.17) is 9.15 Å². The summed E-state index contributed by atoms with van der Waals surface area (Å²) in [5.41, 5.74) is -0.339. The van der Waals surface area contributed by atoms with Crippen LogP contribution in [0, 0.1) is 0 Å². The maximum absolute atomic E-state index is 10.5. The van der Waals surface area contributed by atoms with Gasteiger partial charge in [0.05, 0.1) is 12.2 Å². The van der Waals surface area contributed by atoms with Crippen LogP contribution in [-0.2, 0) is 4.74 Å². The summed E-state index contributed by atoms with van der Waals surface area (Å²) in [5.74, 6) is -2.65. The van der Waals surface area contributed by atoms with Crippen molar-refractivity contribution in [2.75, 3.05) is 6.61 Å². The van der Waals surface area contributed by atoms with Gasteiger partial charge in [0, 0.05) is 18.2 Å². The molecule has 1 aliphatic heterocycles. The van der Waals surface area contributed by atoms with Crippen molar-refractivity contribution in [3.63, 3.8) is 0 Å². The lowest BCUT2D eigenvalue weighted by Gasteiger charge is -2.39. The maximum atomic E-state index is 10.5. The van der Waals surface area contributed by atoms with Crippen LogP contribution in [-0.4, -0.2) is 77.0 Å². The van der Waals surface area contributed by atoms with Crippen LogP contribution < -0.4 is 0 Å². The first kappa shape index (κ1) is 21.9. The third-order valence-electron chi connectivity index (χ3n) is 5.45. The van der Waals surface area contributed by atoms with Crippen LogP contribution in [0.1, 0.15) is 11.7 Å². The molecule has 11 nitrogen and oxygen atoms in total. The number of hydrogen-bond donors (Lipinski definition) is 9. The van der Waals surface area contributed by atoms with E-state index in [1.54, 1.807) is 0 Å². The molecule has 3 aromatic rings. The number of ether oxygens (including phenoxy) is 1. The standard InChI is InChI=1S/C21H20O11/c22-6-14-16(28)17(29)18(30)21(31-14)15-12(26)5-10(24)8-4-13(27)19(32-20(8)15)7-1-2-9(23)11(25)3-7/h1-5,14,16-18,21-22,28-30H,6H2,(H4-,23,24,25,26,27)/p+1/t14-,16-,17+,18-,21+/m1/s1. The second-order valence-corrected chi connectivity index (χ2v) is 7.49. The number of hydrogen-bond acceptors (Lipinski definition) is 10. The molecule has 2 aromatic carbocycles. The molecule has 32 heavy (non-hydrogen) atoms. The Kier molecular flexibility index (Phi) is 5.44. The fourth-order valence-electron chi connectivity index (χ4n) is 3.76. The Balaban J connectivity index is 1.95. The van der Waals surface area contributed by atoms with Crippen LogP contribution in [0.2, 0.25) is 0 Å². The lowest BCUT2D eigenvalue weighted by molar-refractivity contribution is -0.231. The zero-order valence-electron chi connectivity index (χ0n) is 16.3. The minimum absolute atomic E-state index is 0.0842. The van der Waals surface area contributed by atoms with E-state index in [0.717, 1.165) is 24.3 Å². The molecular formula is C21H21O11+. The van der Waals surface area contributed by atoms with Crippen LogP contribution >= 0.6 is 0 Å². The number of phenolic OH excluding ortho intramolecular Hbond substituents is 4. The van der Waals surface area contributed by atoms with E-state index < -0.39 is 65.9 Å². The smallest absolute Gasteiger partial charge is 0.402 e. The second-order valence-electron chi connectivity index (χ2n) is 7.49. The molecule has 0 unspecified atom stereocenters. The van der Waals surface area contributed by atoms with Gasteiger partial charge in [-0.3, -0.25) is 0 Å². The number of aliphatic hydroxyl groups excluding tert-OH is 4. The van der Waals surface area contributed by atoms with Gasteiger partial charge in [0.25, 0.3) is 0 Å². The highest BCUT2D eigenvalue weighted by molar-refractivity contribution is 5.91. The minimum atomic E-state index is -1.75. The zero-order chi connectivity index (χ0) is 23.3. The average Bonchev–Trinajstić information content (AvgIpc) is 2.75. The maximum Gasteiger partial charge on any atom is 0.402 e. The Morgan fingerprint density at radius 3 is 2.12 bits per heavy atom. The van der Waals surface area contributed by atoms with E-state index in [1.165, 1.54) is 6.07 Å². The van der Waals surface area contributed by atoms with Crippen molar-refractivity contribution in [1.82, 2.24) is 0 Å². The van der Waals surface area contributed by atoms with Crippen molar-refractivity contribution in [3.8, 4) is 40.1 Å². The van der Waals surface area contributed by atoms with Crippen LogP contribution in [0.5, 0.6) is 28.7 Å². The highest BCUT2D eigenvalue weighted by Gasteiger charge is 2.47. The summed E-state index contributed by atoms with van der Waals surface area (Å²) in [6, 6.07) is 5.62. The van der Waals surface area contributed by atoms with Gasteiger partial charge in [-0.15, -0.1) is 0 Å². The molecular weight excluding hydrogens is 428 g/mol. The Morgan fingerprint density at radius 1 is 0.750 bits per heavy atom. The molecule has 11 heteroatoms. The molecule has 4 rings (SSSR count). The highest BCUT2D eigenvalue weighted by Crippen LogP contribution is 2.47. The van der Waals surface area contributed by atoms with Gasteiger partial charge in [0.15, 0.2) is 11.5 Å². The van der Waals surface area contributed by atoms with Gasteiger partial charge in [0.2, 0.25) is 5.75 Å². The molecule has 1 aliphatic rings. The van der Waals surface area contributed by atoms with Crippen molar-refractivity contribution in [2.45, 2.75) is 30.5 Å². The summed E-state index contributed by atoms with van der Waals surface area (Å²) in [5, 5.41) is 90.5. The van der Waals surface area contributed by atoms with E-state index in [1.807, 2.05) is 0 Å². The molecule has 1 fully saturated rings. The molecule has 0 bridgehead atoms. The molecule has 5 atom stereocenters. The van der Waals surface area contributed by atoms with Crippen LogP contribution in [0.3, 0.4) is 0 Å². The molecule has 170 valence electrons. The molecule has 0 spiro atoms. The third-order valence-corrected chi connectivity index (χ3v) is 5.45. The van der Waals surface area contributed by atoms with Crippen molar-refractivity contribution in [2.24, 2.45) is 0 Å². The van der Waals surface area contributed by atoms with Gasteiger partial charge in [0.1, 0.15) is 53.0 Å². The summed E-state index contributed by atoms with van der Waals surface area (Å²) >= 11 is 0. The Hall–Kier alpha value is -3.35. The van der Waals surface area contributed by atoms with Gasteiger partial charge in [-0.05, 0) is 12.1 Å². The van der Waals surface area contributed by atoms with Gasteiger partial charge in [-0.2, -0.15) is 0 Å². The van der Waals surface area contributed by atoms with Crippen molar-refractivity contribution < 1.29 is 55.1 Å². The van der Waals surface area contributed by atoms with E-state index in [0.29, 0.717) is 0 Å². The normalized spacial score (nSPS) is 25.8. The number of rotatable bonds is 3. The summed E-state index contributed by atoms with van der Waals surface area (Å²) in [6.07, 6.45) is -7.89. The number of fused-ring (bicyclic) bond motifs is 1. The Morgan fingerprint density at radius 2 is 1.47 bits per heavy atom. The zero-order valence-corrected chi connectivity index (χ0v) is 16.3. The molecule has 0 radical (unpaired) electrons. The monoisotopic (exact) mass is 449 g/mol. The van der Waals surface area contributed by atoms with Crippen molar-refractivity contribution in [3.05, 3.63) is 35.9 Å². The quantitative estimate of drug-likeness (QED) is 0.198. The molecule has 1 aromatic heterocycles. The topological polar surface area (TPSA) is 203 Å². The average molecular weight is 449 g/mol. The lowest BCUT2D eigenvalue weighted by Crippen LogP contribution is -2.55. The Labute approximate surface area is 179 Å². The number of aliphatic hydroxyl groups is 4. The molecule has 0 aliphatic carbocycles. The summed E-state index contributed by atoms with van der Waals surface area (Å²) in [4.78, 5) is 0. The van der Waals surface area contributed by atoms with Crippen LogP contribution in [0.25, 0.3) is 22.3 Å². The second kappa shape index (κ2) is 7.97. The molecule has 2 heterocycles. The predicted octanol–water partition coefficient (Wildman–Crippen LogP) is 0.424. The first-order valence-corrected chi connectivity index (χ1v) is 9.51. The van der Waals surface area contributed by atoms with E-state index in [-0.39, 0.29) is 27.9 Å². The minimum Gasteiger partial charge on any atom is -0.507 e. The van der Waals surface area contributed by atoms with E-state index in [9.17, 15) is 46.0 Å². The first-order valence-electron chi connectivity index (χ1n) is 9.51. The fourth-order valence-corrected chi connectivity index (χ4v) is 3.76. The highest BCUT2D eigenvalue weighted by atomic mass is 16.5. The molecule has 9 N–H and O–H groups in total. The van der Waals surface area contributed by atoms with E-state index >= 15 is 0 Å².